The minimum atomic E-state index is -1.27. The van der Waals surface area contributed by atoms with E-state index in [4.69, 9.17) is 17.2 Å². The number of aliphatic imine (C=N–C) groups is 1. The molecule has 0 radical (unpaired) electrons. The van der Waals surface area contributed by atoms with Crippen LogP contribution in [0.15, 0.2) is 35.3 Å². The lowest BCUT2D eigenvalue weighted by molar-refractivity contribution is -0.142. The van der Waals surface area contributed by atoms with E-state index in [0.29, 0.717) is 12.2 Å². The third kappa shape index (κ3) is 12.3. The van der Waals surface area contributed by atoms with E-state index < -0.39 is 54.0 Å². The number of nitrogens with zero attached hydrogens (tertiary/aromatic N) is 1. The number of hydrogen-bond donors (Lipinski definition) is 8. The minimum absolute atomic E-state index is 0.0821. The molecule has 0 aliphatic rings. The molecule has 0 heterocycles. The number of amides is 3. The summed E-state index contributed by atoms with van der Waals surface area (Å²) in [7, 11) is 0. The van der Waals surface area contributed by atoms with E-state index in [0.717, 1.165) is 5.56 Å². The summed E-state index contributed by atoms with van der Waals surface area (Å²) in [4.78, 5) is 54.4. The first-order valence-electron chi connectivity index (χ1n) is 12.1. The van der Waals surface area contributed by atoms with Gasteiger partial charge < -0.3 is 43.4 Å². The van der Waals surface area contributed by atoms with Gasteiger partial charge in [-0.3, -0.25) is 19.4 Å². The lowest BCUT2D eigenvalue weighted by Crippen LogP contribution is -2.58. The second-order valence-corrected chi connectivity index (χ2v) is 9.69. The zero-order chi connectivity index (χ0) is 28.7. The van der Waals surface area contributed by atoms with Crippen LogP contribution in [0, 0.1) is 0 Å². The summed E-state index contributed by atoms with van der Waals surface area (Å²) in [5, 5.41) is 26.8. The molecule has 0 bridgehead atoms. The summed E-state index contributed by atoms with van der Waals surface area (Å²) >= 11 is 1.44. The van der Waals surface area contributed by atoms with Crippen molar-refractivity contribution in [3.63, 3.8) is 0 Å². The molecule has 38 heavy (non-hydrogen) atoms. The van der Waals surface area contributed by atoms with Gasteiger partial charge in [0.05, 0.1) is 6.10 Å². The SMILES string of the molecule is CSCCC(NC(=O)C(CCCN=C(N)N)NC(=O)C(Cc1ccccc1)NC(=O)C(N)C(C)O)C(=O)O. The topological polar surface area (TPSA) is 235 Å². The maximum absolute atomic E-state index is 13.3. The van der Waals surface area contributed by atoms with Crippen LogP contribution in [0.25, 0.3) is 0 Å². The first-order valence-corrected chi connectivity index (χ1v) is 13.5. The fraction of sp³-hybridized carbons (Fsp3) is 0.542. The molecular formula is C24H39N7O6S. The van der Waals surface area contributed by atoms with Gasteiger partial charge in [-0.1, -0.05) is 30.3 Å². The summed E-state index contributed by atoms with van der Waals surface area (Å²) in [5.74, 6) is -2.93. The Hall–Kier alpha value is -3.36. The lowest BCUT2D eigenvalue weighted by Gasteiger charge is -2.25. The van der Waals surface area contributed by atoms with Crippen LogP contribution in [-0.4, -0.2) is 88.7 Å². The molecule has 0 aliphatic carbocycles. The summed E-state index contributed by atoms with van der Waals surface area (Å²) < 4.78 is 0. The Kier molecular flexibility index (Phi) is 14.8. The van der Waals surface area contributed by atoms with Gasteiger partial charge in [0.2, 0.25) is 17.7 Å². The maximum Gasteiger partial charge on any atom is 0.326 e. The van der Waals surface area contributed by atoms with Crippen LogP contribution in [0.5, 0.6) is 0 Å². The van der Waals surface area contributed by atoms with E-state index >= 15 is 0 Å². The molecule has 0 aromatic heterocycles. The molecule has 0 saturated carbocycles. The highest BCUT2D eigenvalue weighted by Crippen LogP contribution is 2.08. The Balaban J connectivity index is 3.13. The Morgan fingerprint density at radius 1 is 0.947 bits per heavy atom. The second-order valence-electron chi connectivity index (χ2n) is 8.71. The van der Waals surface area contributed by atoms with Gasteiger partial charge in [-0.15, -0.1) is 0 Å². The van der Waals surface area contributed by atoms with Crippen LogP contribution in [-0.2, 0) is 25.6 Å². The monoisotopic (exact) mass is 553 g/mol. The molecule has 14 heteroatoms. The molecule has 5 unspecified atom stereocenters. The molecular weight excluding hydrogens is 514 g/mol. The number of aliphatic carboxylic acids is 1. The van der Waals surface area contributed by atoms with Crippen LogP contribution in [0.2, 0.25) is 0 Å². The Morgan fingerprint density at radius 2 is 1.53 bits per heavy atom. The number of benzene rings is 1. The fourth-order valence-corrected chi connectivity index (χ4v) is 3.83. The van der Waals surface area contributed by atoms with Gasteiger partial charge in [-0.25, -0.2) is 4.79 Å². The number of nitrogens with two attached hydrogens (primary N) is 3. The summed E-state index contributed by atoms with van der Waals surface area (Å²) in [6.45, 7) is 1.54. The molecule has 13 nitrogen and oxygen atoms in total. The van der Waals surface area contributed by atoms with E-state index in [1.165, 1.54) is 18.7 Å². The minimum Gasteiger partial charge on any atom is -0.480 e. The Morgan fingerprint density at radius 3 is 2.08 bits per heavy atom. The van der Waals surface area contributed by atoms with Crippen LogP contribution in [0.3, 0.4) is 0 Å². The highest BCUT2D eigenvalue weighted by atomic mass is 32.2. The van der Waals surface area contributed by atoms with Crippen molar-refractivity contribution >= 4 is 41.4 Å². The number of hydrogen-bond acceptors (Lipinski definition) is 8. The van der Waals surface area contributed by atoms with Crippen molar-refractivity contribution in [3.8, 4) is 0 Å². The van der Waals surface area contributed by atoms with Crippen LogP contribution in [0.1, 0.15) is 31.7 Å². The zero-order valence-electron chi connectivity index (χ0n) is 21.6. The Labute approximate surface area is 226 Å². The molecule has 212 valence electrons. The third-order valence-electron chi connectivity index (χ3n) is 5.54. The van der Waals surface area contributed by atoms with Crippen molar-refractivity contribution in [3.05, 3.63) is 35.9 Å². The van der Waals surface area contributed by atoms with Gasteiger partial charge >= 0.3 is 5.97 Å². The van der Waals surface area contributed by atoms with Crippen LogP contribution >= 0.6 is 11.8 Å². The molecule has 1 aromatic rings. The van der Waals surface area contributed by atoms with Gasteiger partial charge in [-0.2, -0.15) is 11.8 Å². The number of thioether (sulfide) groups is 1. The van der Waals surface area contributed by atoms with Crippen molar-refractivity contribution in [1.29, 1.82) is 0 Å². The summed E-state index contributed by atoms with van der Waals surface area (Å²) in [6, 6.07) is 4.20. The third-order valence-corrected chi connectivity index (χ3v) is 6.19. The highest BCUT2D eigenvalue weighted by molar-refractivity contribution is 7.98. The number of rotatable bonds is 17. The van der Waals surface area contributed by atoms with Crippen molar-refractivity contribution in [1.82, 2.24) is 16.0 Å². The average Bonchev–Trinajstić information content (AvgIpc) is 2.87. The smallest absolute Gasteiger partial charge is 0.326 e. The van der Waals surface area contributed by atoms with E-state index in [-0.39, 0.29) is 31.8 Å². The molecule has 0 saturated heterocycles. The van der Waals surface area contributed by atoms with Crippen molar-refractivity contribution in [2.45, 2.75) is 62.9 Å². The molecule has 1 rings (SSSR count). The molecule has 0 aliphatic heterocycles. The van der Waals surface area contributed by atoms with Gasteiger partial charge in [0.15, 0.2) is 5.96 Å². The first kappa shape index (κ1) is 32.7. The molecule has 1 aromatic carbocycles. The predicted molar refractivity (Wildman–Crippen MR) is 146 cm³/mol. The normalized spacial score (nSPS) is 14.7. The quantitative estimate of drug-likeness (QED) is 0.0617. The fourth-order valence-electron chi connectivity index (χ4n) is 3.36. The number of carbonyl (C=O) groups is 4. The predicted octanol–water partition coefficient (Wildman–Crippen LogP) is -1.72. The van der Waals surface area contributed by atoms with Gasteiger partial charge in [0.25, 0.3) is 0 Å². The number of carboxylic acids is 1. The Bertz CT molecular complexity index is 943. The number of guanidine groups is 1. The summed E-state index contributed by atoms with van der Waals surface area (Å²) in [6.07, 6.45) is 1.35. The highest BCUT2D eigenvalue weighted by Gasteiger charge is 2.31. The lowest BCUT2D eigenvalue weighted by atomic mass is 10.0. The van der Waals surface area contributed by atoms with Crippen LogP contribution < -0.4 is 33.2 Å². The van der Waals surface area contributed by atoms with E-state index in [1.807, 2.05) is 6.26 Å². The van der Waals surface area contributed by atoms with E-state index in [1.54, 1.807) is 30.3 Å². The number of aliphatic hydroxyl groups excluding tert-OH is 1. The van der Waals surface area contributed by atoms with Gasteiger partial charge in [0, 0.05) is 13.0 Å². The first-order chi connectivity index (χ1) is 18.0. The average molecular weight is 554 g/mol. The van der Waals surface area contributed by atoms with Gasteiger partial charge in [0.1, 0.15) is 24.2 Å². The molecule has 0 fully saturated rings. The number of nitrogens with one attached hydrogen (secondary N) is 3. The van der Waals surface area contributed by atoms with Crippen molar-refractivity contribution < 1.29 is 29.4 Å². The maximum atomic E-state index is 13.3. The summed E-state index contributed by atoms with van der Waals surface area (Å²) in [5.41, 5.74) is 17.2. The van der Waals surface area contributed by atoms with Crippen LogP contribution in [0.4, 0.5) is 0 Å². The number of carboxylic acid groups (broad SMARTS) is 1. The van der Waals surface area contributed by atoms with E-state index in [2.05, 4.69) is 20.9 Å². The van der Waals surface area contributed by atoms with Gasteiger partial charge in [-0.05, 0) is 43.8 Å². The van der Waals surface area contributed by atoms with E-state index in [9.17, 15) is 29.4 Å². The molecule has 5 atom stereocenters. The molecule has 0 spiro atoms. The molecule has 3 amide bonds. The number of carbonyl (C=O) groups excluding carboxylic acids is 3. The number of aliphatic hydroxyl groups is 1. The van der Waals surface area contributed by atoms with Crippen molar-refractivity contribution in [2.75, 3.05) is 18.6 Å². The largest absolute Gasteiger partial charge is 0.480 e. The standard InChI is InChI=1S/C24H39N7O6S/c1-14(32)19(25)22(35)31-18(13-15-7-4-3-5-8-15)21(34)29-16(9-6-11-28-24(26)27)20(33)30-17(23(36)37)10-12-38-2/h3-5,7-8,14,16-19,32H,6,9-13,25H2,1-2H3,(H,29,34)(H,30,33)(H,31,35)(H,36,37)(H4,26,27,28). The second kappa shape index (κ2) is 17.2. The molecule has 11 N–H and O–H groups in total. The zero-order valence-corrected chi connectivity index (χ0v) is 22.4. The van der Waals surface area contributed by atoms with Crippen molar-refractivity contribution in [2.24, 2.45) is 22.2 Å².